The summed E-state index contributed by atoms with van der Waals surface area (Å²) >= 11 is 0. The summed E-state index contributed by atoms with van der Waals surface area (Å²) in [6.07, 6.45) is 3.39. The second kappa shape index (κ2) is 4.81. The van der Waals surface area contributed by atoms with Crippen LogP contribution in [0.3, 0.4) is 0 Å². The molecule has 0 amide bonds. The molecule has 2 saturated heterocycles. The topological polar surface area (TPSA) is 24.5 Å². The molecule has 2 aliphatic heterocycles. The van der Waals surface area contributed by atoms with E-state index in [1.165, 1.54) is 19.4 Å². The highest BCUT2D eigenvalue weighted by molar-refractivity contribution is 4.85. The van der Waals surface area contributed by atoms with Gasteiger partial charge < -0.3 is 10.1 Å². The molecule has 2 heterocycles. The summed E-state index contributed by atoms with van der Waals surface area (Å²) in [5.41, 5.74) is 0. The zero-order valence-electron chi connectivity index (χ0n) is 10.2. The second-order valence-electron chi connectivity index (χ2n) is 5.24. The molecule has 4 atom stereocenters. The van der Waals surface area contributed by atoms with Crippen molar-refractivity contribution in [2.24, 2.45) is 0 Å². The van der Waals surface area contributed by atoms with Gasteiger partial charge in [0.1, 0.15) is 0 Å². The zero-order chi connectivity index (χ0) is 10.8. The van der Waals surface area contributed by atoms with Gasteiger partial charge in [-0.05, 0) is 40.2 Å². The van der Waals surface area contributed by atoms with Gasteiger partial charge in [-0.2, -0.15) is 0 Å². The summed E-state index contributed by atoms with van der Waals surface area (Å²) in [4.78, 5) is 2.64. The third-order valence-corrected chi connectivity index (χ3v) is 3.56. The van der Waals surface area contributed by atoms with Gasteiger partial charge in [0.15, 0.2) is 0 Å². The second-order valence-corrected chi connectivity index (χ2v) is 5.24. The van der Waals surface area contributed by atoms with Crippen molar-refractivity contribution in [3.8, 4) is 0 Å². The van der Waals surface area contributed by atoms with Crippen LogP contribution in [0.1, 0.15) is 33.6 Å². The van der Waals surface area contributed by atoms with Crippen LogP contribution in [0.2, 0.25) is 0 Å². The molecule has 2 rings (SSSR count). The molecular formula is C12H24N2O. The van der Waals surface area contributed by atoms with Gasteiger partial charge in [-0.3, -0.25) is 4.90 Å². The quantitative estimate of drug-likeness (QED) is 0.707. The highest BCUT2D eigenvalue weighted by atomic mass is 16.5. The van der Waals surface area contributed by atoms with Gasteiger partial charge in [0, 0.05) is 25.2 Å². The first-order valence-corrected chi connectivity index (χ1v) is 6.28. The van der Waals surface area contributed by atoms with E-state index in [1.54, 1.807) is 0 Å². The van der Waals surface area contributed by atoms with E-state index in [2.05, 4.69) is 31.0 Å². The molecule has 15 heavy (non-hydrogen) atoms. The zero-order valence-corrected chi connectivity index (χ0v) is 10.2. The van der Waals surface area contributed by atoms with Crippen molar-refractivity contribution in [3.63, 3.8) is 0 Å². The predicted molar refractivity (Wildman–Crippen MR) is 62.1 cm³/mol. The standard InChI is InChI=1S/C12H24N2O/c1-9-6-12(4-5-13-9)14-7-10(2)15-11(3)8-14/h9-13H,4-8H2,1-3H3. The third-order valence-electron chi connectivity index (χ3n) is 3.56. The largest absolute Gasteiger partial charge is 0.373 e. The fourth-order valence-electron chi connectivity index (χ4n) is 2.95. The lowest BCUT2D eigenvalue weighted by Crippen LogP contribution is -2.54. The number of nitrogens with one attached hydrogen (secondary N) is 1. The maximum Gasteiger partial charge on any atom is 0.0678 e. The van der Waals surface area contributed by atoms with E-state index >= 15 is 0 Å². The molecule has 0 aromatic carbocycles. The summed E-state index contributed by atoms with van der Waals surface area (Å²) in [6, 6.07) is 1.45. The van der Waals surface area contributed by atoms with Gasteiger partial charge in [0.25, 0.3) is 0 Å². The summed E-state index contributed by atoms with van der Waals surface area (Å²) in [5.74, 6) is 0. The Morgan fingerprint density at radius 2 is 1.80 bits per heavy atom. The van der Waals surface area contributed by atoms with Crippen LogP contribution in [-0.4, -0.2) is 48.8 Å². The van der Waals surface area contributed by atoms with Crippen molar-refractivity contribution in [1.82, 2.24) is 10.2 Å². The first kappa shape index (κ1) is 11.4. The summed E-state index contributed by atoms with van der Waals surface area (Å²) in [7, 11) is 0. The van der Waals surface area contributed by atoms with Gasteiger partial charge in [-0.15, -0.1) is 0 Å². The Morgan fingerprint density at radius 3 is 2.40 bits per heavy atom. The Morgan fingerprint density at radius 1 is 1.13 bits per heavy atom. The van der Waals surface area contributed by atoms with Crippen LogP contribution in [0.25, 0.3) is 0 Å². The molecule has 88 valence electrons. The molecule has 4 unspecified atom stereocenters. The third kappa shape index (κ3) is 2.92. The molecule has 1 N–H and O–H groups in total. The fraction of sp³-hybridized carbons (Fsp3) is 1.00. The Balaban J connectivity index is 1.91. The minimum atomic E-state index is 0.402. The molecule has 0 spiro atoms. The van der Waals surface area contributed by atoms with E-state index in [1.807, 2.05) is 0 Å². The SMILES string of the molecule is CC1CC(N2CC(C)OC(C)C2)CCN1. The van der Waals surface area contributed by atoms with Crippen molar-refractivity contribution < 1.29 is 4.74 Å². The van der Waals surface area contributed by atoms with Crippen molar-refractivity contribution in [1.29, 1.82) is 0 Å². The molecule has 0 bridgehead atoms. The maximum absolute atomic E-state index is 5.78. The van der Waals surface area contributed by atoms with E-state index in [4.69, 9.17) is 4.74 Å². The van der Waals surface area contributed by atoms with Gasteiger partial charge in [0.2, 0.25) is 0 Å². The lowest BCUT2D eigenvalue weighted by molar-refractivity contribution is -0.0845. The maximum atomic E-state index is 5.78. The first-order chi connectivity index (χ1) is 7.15. The van der Waals surface area contributed by atoms with Gasteiger partial charge in [-0.1, -0.05) is 0 Å². The molecule has 2 aliphatic rings. The minimum Gasteiger partial charge on any atom is -0.373 e. The number of hydrogen-bond donors (Lipinski definition) is 1. The smallest absolute Gasteiger partial charge is 0.0678 e. The van der Waals surface area contributed by atoms with Gasteiger partial charge in [0.05, 0.1) is 12.2 Å². The average Bonchev–Trinajstić information content (AvgIpc) is 2.16. The number of nitrogens with zero attached hydrogens (tertiary/aromatic N) is 1. The molecule has 0 saturated carbocycles. The van der Waals surface area contributed by atoms with E-state index in [-0.39, 0.29) is 0 Å². The summed E-state index contributed by atoms with van der Waals surface area (Å²) in [5, 5.41) is 3.52. The Kier molecular flexibility index (Phi) is 3.65. The normalized spacial score (nSPS) is 44.2. The Labute approximate surface area is 93.2 Å². The number of piperidine rings is 1. The van der Waals surface area contributed by atoms with E-state index in [0.717, 1.165) is 19.1 Å². The Bertz CT molecular complexity index is 200. The first-order valence-electron chi connectivity index (χ1n) is 6.28. The van der Waals surface area contributed by atoms with Crippen LogP contribution in [0.5, 0.6) is 0 Å². The van der Waals surface area contributed by atoms with Crippen LogP contribution in [0, 0.1) is 0 Å². The van der Waals surface area contributed by atoms with Crippen molar-refractivity contribution in [3.05, 3.63) is 0 Å². The molecule has 2 fully saturated rings. The van der Waals surface area contributed by atoms with Crippen molar-refractivity contribution in [2.75, 3.05) is 19.6 Å². The molecule has 3 nitrogen and oxygen atoms in total. The van der Waals surface area contributed by atoms with Gasteiger partial charge >= 0.3 is 0 Å². The van der Waals surface area contributed by atoms with E-state index in [0.29, 0.717) is 18.2 Å². The predicted octanol–water partition coefficient (Wildman–Crippen LogP) is 1.24. The molecular weight excluding hydrogens is 188 g/mol. The van der Waals surface area contributed by atoms with E-state index < -0.39 is 0 Å². The van der Waals surface area contributed by atoms with E-state index in [9.17, 15) is 0 Å². The van der Waals surface area contributed by atoms with Crippen LogP contribution in [0.15, 0.2) is 0 Å². The van der Waals surface area contributed by atoms with Crippen LogP contribution >= 0.6 is 0 Å². The molecule has 0 aromatic heterocycles. The van der Waals surface area contributed by atoms with Gasteiger partial charge in [-0.25, -0.2) is 0 Å². The highest BCUT2D eigenvalue weighted by Gasteiger charge is 2.30. The van der Waals surface area contributed by atoms with Crippen LogP contribution in [-0.2, 0) is 4.74 Å². The molecule has 0 aromatic rings. The lowest BCUT2D eigenvalue weighted by atomic mass is 9.98. The molecule has 0 aliphatic carbocycles. The fourth-order valence-corrected chi connectivity index (χ4v) is 2.95. The number of ether oxygens (including phenoxy) is 1. The molecule has 3 heteroatoms. The van der Waals surface area contributed by atoms with Crippen molar-refractivity contribution in [2.45, 2.75) is 57.9 Å². The van der Waals surface area contributed by atoms with Crippen LogP contribution in [0.4, 0.5) is 0 Å². The monoisotopic (exact) mass is 212 g/mol. The lowest BCUT2D eigenvalue weighted by Gasteiger charge is -2.43. The summed E-state index contributed by atoms with van der Waals surface area (Å²) in [6.45, 7) is 10.1. The molecule has 0 radical (unpaired) electrons. The van der Waals surface area contributed by atoms with Crippen LogP contribution < -0.4 is 5.32 Å². The number of morpholine rings is 1. The summed E-state index contributed by atoms with van der Waals surface area (Å²) < 4.78 is 5.78. The number of hydrogen-bond acceptors (Lipinski definition) is 3. The number of rotatable bonds is 1. The average molecular weight is 212 g/mol. The minimum absolute atomic E-state index is 0.402. The van der Waals surface area contributed by atoms with Crippen molar-refractivity contribution >= 4 is 0 Å². The highest BCUT2D eigenvalue weighted by Crippen LogP contribution is 2.20. The Hall–Kier alpha value is -0.120.